The number of likely N-dealkylation sites (N-methyl/N-ethyl adjacent to an activating group) is 1. The molecular formula is C11H20N4O. The Bertz CT molecular complexity index is 346. The van der Waals surface area contributed by atoms with Crippen LogP contribution in [0, 0.1) is 0 Å². The molecule has 1 atom stereocenters. The molecule has 1 aromatic heterocycles. The van der Waals surface area contributed by atoms with Gasteiger partial charge in [0.25, 0.3) is 0 Å². The van der Waals surface area contributed by atoms with Gasteiger partial charge in [-0.2, -0.15) is 5.10 Å². The zero-order valence-corrected chi connectivity index (χ0v) is 10.4. The summed E-state index contributed by atoms with van der Waals surface area (Å²) in [6.45, 7) is 2.64. The molecule has 1 aromatic rings. The van der Waals surface area contributed by atoms with Gasteiger partial charge in [-0.15, -0.1) is 0 Å². The number of aryl methyl sites for hydroxylation is 1. The first-order valence-electron chi connectivity index (χ1n) is 5.43. The van der Waals surface area contributed by atoms with Crippen LogP contribution in [0.15, 0.2) is 12.3 Å². The molecule has 0 spiro atoms. The minimum Gasteiger partial charge on any atom is -0.347 e. The first-order valence-corrected chi connectivity index (χ1v) is 5.43. The molecule has 0 aliphatic heterocycles. The fourth-order valence-corrected chi connectivity index (χ4v) is 1.49. The SMILES string of the molecule is CC(NCCc1ccn(C)n1)C(=O)N(C)C. The van der Waals surface area contributed by atoms with E-state index in [1.54, 1.807) is 23.7 Å². The average molecular weight is 224 g/mol. The summed E-state index contributed by atoms with van der Waals surface area (Å²) in [5.74, 6) is 0.0982. The van der Waals surface area contributed by atoms with Crippen molar-refractivity contribution in [2.75, 3.05) is 20.6 Å². The van der Waals surface area contributed by atoms with Gasteiger partial charge in [0, 0.05) is 40.3 Å². The van der Waals surface area contributed by atoms with Crippen LogP contribution in [0.25, 0.3) is 0 Å². The normalized spacial score (nSPS) is 12.5. The Labute approximate surface area is 96.4 Å². The highest BCUT2D eigenvalue weighted by molar-refractivity contribution is 5.80. The van der Waals surface area contributed by atoms with Crippen LogP contribution in [0.1, 0.15) is 12.6 Å². The molecule has 0 aliphatic carbocycles. The summed E-state index contributed by atoms with van der Waals surface area (Å²) >= 11 is 0. The Hall–Kier alpha value is -1.36. The van der Waals surface area contributed by atoms with Crippen LogP contribution < -0.4 is 5.32 Å². The van der Waals surface area contributed by atoms with Crippen LogP contribution in [0.4, 0.5) is 0 Å². The highest BCUT2D eigenvalue weighted by Crippen LogP contribution is 1.95. The van der Waals surface area contributed by atoms with Crippen LogP contribution in [-0.2, 0) is 18.3 Å². The topological polar surface area (TPSA) is 50.2 Å². The second kappa shape index (κ2) is 5.65. The Kier molecular flexibility index (Phi) is 4.49. The highest BCUT2D eigenvalue weighted by Gasteiger charge is 2.13. The predicted octanol–water partition coefficient (Wildman–Crippen LogP) is 0.0289. The molecule has 5 heteroatoms. The van der Waals surface area contributed by atoms with Gasteiger partial charge in [-0.3, -0.25) is 9.48 Å². The van der Waals surface area contributed by atoms with E-state index in [-0.39, 0.29) is 11.9 Å². The van der Waals surface area contributed by atoms with E-state index in [0.717, 1.165) is 18.7 Å². The number of nitrogens with one attached hydrogen (secondary N) is 1. The third kappa shape index (κ3) is 3.66. The maximum atomic E-state index is 11.5. The predicted molar refractivity (Wildman–Crippen MR) is 63.1 cm³/mol. The molecule has 0 aliphatic rings. The molecule has 1 unspecified atom stereocenters. The van der Waals surface area contributed by atoms with Gasteiger partial charge < -0.3 is 10.2 Å². The van der Waals surface area contributed by atoms with Crippen molar-refractivity contribution >= 4 is 5.91 Å². The summed E-state index contributed by atoms with van der Waals surface area (Å²) in [5.41, 5.74) is 1.04. The van der Waals surface area contributed by atoms with Gasteiger partial charge in [-0.1, -0.05) is 0 Å². The molecule has 0 saturated carbocycles. The third-order valence-electron chi connectivity index (χ3n) is 2.41. The van der Waals surface area contributed by atoms with Gasteiger partial charge >= 0.3 is 0 Å². The van der Waals surface area contributed by atoms with E-state index in [0.29, 0.717) is 0 Å². The minimum absolute atomic E-state index is 0.0982. The number of aromatic nitrogens is 2. The number of hydrogen-bond donors (Lipinski definition) is 1. The average Bonchev–Trinajstić information content (AvgIpc) is 2.62. The largest absolute Gasteiger partial charge is 0.347 e. The summed E-state index contributed by atoms with van der Waals surface area (Å²) in [7, 11) is 5.42. The van der Waals surface area contributed by atoms with Gasteiger partial charge in [0.1, 0.15) is 0 Å². The third-order valence-corrected chi connectivity index (χ3v) is 2.41. The van der Waals surface area contributed by atoms with Crippen LogP contribution in [0.2, 0.25) is 0 Å². The van der Waals surface area contributed by atoms with Crippen molar-refractivity contribution in [3.63, 3.8) is 0 Å². The molecule has 0 fully saturated rings. The summed E-state index contributed by atoms with van der Waals surface area (Å²) in [6, 6.07) is 1.85. The molecule has 5 nitrogen and oxygen atoms in total. The summed E-state index contributed by atoms with van der Waals surface area (Å²) < 4.78 is 1.78. The first kappa shape index (κ1) is 12.7. The fraction of sp³-hybridized carbons (Fsp3) is 0.636. The summed E-state index contributed by atoms with van der Waals surface area (Å²) in [4.78, 5) is 13.1. The van der Waals surface area contributed by atoms with Gasteiger partial charge in [0.2, 0.25) is 5.91 Å². The van der Waals surface area contributed by atoms with Crippen molar-refractivity contribution in [1.29, 1.82) is 0 Å². The molecule has 1 rings (SSSR count). The molecule has 1 N–H and O–H groups in total. The molecule has 0 radical (unpaired) electrons. The fourth-order valence-electron chi connectivity index (χ4n) is 1.49. The molecular weight excluding hydrogens is 204 g/mol. The van der Waals surface area contributed by atoms with Gasteiger partial charge in [0.15, 0.2) is 0 Å². The second-order valence-electron chi connectivity index (χ2n) is 4.14. The van der Waals surface area contributed by atoms with Crippen molar-refractivity contribution in [2.24, 2.45) is 7.05 Å². The van der Waals surface area contributed by atoms with Crippen LogP contribution >= 0.6 is 0 Å². The summed E-state index contributed by atoms with van der Waals surface area (Å²) in [6.07, 6.45) is 2.76. The Morgan fingerprint density at radius 2 is 2.31 bits per heavy atom. The monoisotopic (exact) mass is 224 g/mol. The molecule has 90 valence electrons. The van der Waals surface area contributed by atoms with Crippen LogP contribution in [0.3, 0.4) is 0 Å². The molecule has 0 aromatic carbocycles. The number of rotatable bonds is 5. The number of nitrogens with zero attached hydrogens (tertiary/aromatic N) is 3. The first-order chi connectivity index (χ1) is 7.50. The standard InChI is InChI=1S/C11H20N4O/c1-9(11(16)14(2)3)12-7-5-10-6-8-15(4)13-10/h6,8-9,12H,5,7H2,1-4H3. The summed E-state index contributed by atoms with van der Waals surface area (Å²) in [5, 5.41) is 7.45. The number of carbonyl (C=O) groups excluding carboxylic acids is 1. The Morgan fingerprint density at radius 1 is 1.62 bits per heavy atom. The smallest absolute Gasteiger partial charge is 0.238 e. The number of carbonyl (C=O) groups is 1. The zero-order valence-electron chi connectivity index (χ0n) is 10.4. The van der Waals surface area contributed by atoms with E-state index < -0.39 is 0 Å². The molecule has 0 saturated heterocycles. The Morgan fingerprint density at radius 3 is 2.81 bits per heavy atom. The molecule has 1 heterocycles. The van der Waals surface area contributed by atoms with E-state index in [1.165, 1.54) is 0 Å². The van der Waals surface area contributed by atoms with E-state index in [1.807, 2.05) is 26.2 Å². The van der Waals surface area contributed by atoms with Crippen LogP contribution in [0.5, 0.6) is 0 Å². The maximum Gasteiger partial charge on any atom is 0.238 e. The lowest BCUT2D eigenvalue weighted by atomic mass is 10.2. The van der Waals surface area contributed by atoms with Gasteiger partial charge in [0.05, 0.1) is 11.7 Å². The van der Waals surface area contributed by atoms with Gasteiger partial charge in [-0.05, 0) is 13.0 Å². The zero-order chi connectivity index (χ0) is 12.1. The van der Waals surface area contributed by atoms with E-state index in [2.05, 4.69) is 10.4 Å². The second-order valence-corrected chi connectivity index (χ2v) is 4.14. The quantitative estimate of drug-likeness (QED) is 0.767. The van der Waals surface area contributed by atoms with Crippen molar-refractivity contribution in [3.05, 3.63) is 18.0 Å². The maximum absolute atomic E-state index is 11.5. The Balaban J connectivity index is 2.28. The van der Waals surface area contributed by atoms with Crippen molar-refractivity contribution < 1.29 is 4.79 Å². The molecule has 0 bridgehead atoms. The lowest BCUT2D eigenvalue weighted by Gasteiger charge is -2.17. The van der Waals surface area contributed by atoms with E-state index in [9.17, 15) is 4.79 Å². The lowest BCUT2D eigenvalue weighted by molar-refractivity contribution is -0.130. The molecule has 16 heavy (non-hydrogen) atoms. The van der Waals surface area contributed by atoms with Crippen molar-refractivity contribution in [3.8, 4) is 0 Å². The van der Waals surface area contributed by atoms with Gasteiger partial charge in [-0.25, -0.2) is 0 Å². The lowest BCUT2D eigenvalue weighted by Crippen LogP contribution is -2.42. The minimum atomic E-state index is -0.140. The number of hydrogen-bond acceptors (Lipinski definition) is 3. The molecule has 1 amide bonds. The van der Waals surface area contributed by atoms with Crippen molar-refractivity contribution in [1.82, 2.24) is 20.0 Å². The van der Waals surface area contributed by atoms with E-state index in [4.69, 9.17) is 0 Å². The highest BCUT2D eigenvalue weighted by atomic mass is 16.2. The number of amides is 1. The van der Waals surface area contributed by atoms with E-state index >= 15 is 0 Å². The van der Waals surface area contributed by atoms with Crippen molar-refractivity contribution in [2.45, 2.75) is 19.4 Å². The van der Waals surface area contributed by atoms with Crippen LogP contribution in [-0.4, -0.2) is 47.3 Å².